The van der Waals surface area contributed by atoms with E-state index >= 15 is 0 Å². The first kappa shape index (κ1) is 22.8. The number of hydrogen-bond donors (Lipinski definition) is 2. The Kier molecular flexibility index (Phi) is 9.06. The summed E-state index contributed by atoms with van der Waals surface area (Å²) in [7, 11) is 0. The van der Waals surface area contributed by atoms with Crippen LogP contribution in [0.15, 0.2) is 18.2 Å². The standard InChI is InChI=1S/C27H45NO/c1-20-14-15-23(18-21(20)2)19-27(22(3)29)28-17-16-26(24-10-6-4-7-11-24)25-12-8-5-9-13-25/h14-15,18,22,24-29H,4-13,16-17,19H2,1-3H3. The molecule has 2 unspecified atom stereocenters. The van der Waals surface area contributed by atoms with Gasteiger partial charge in [-0.05, 0) is 74.6 Å². The Balaban J connectivity index is 1.57. The molecule has 0 heterocycles. The monoisotopic (exact) mass is 399 g/mol. The predicted octanol–water partition coefficient (Wildman–Crippen LogP) is 6.35. The van der Waals surface area contributed by atoms with Gasteiger partial charge in [-0.3, -0.25) is 0 Å². The van der Waals surface area contributed by atoms with Crippen molar-refractivity contribution < 1.29 is 5.11 Å². The fourth-order valence-electron chi connectivity index (χ4n) is 6.01. The maximum absolute atomic E-state index is 10.4. The van der Waals surface area contributed by atoms with Crippen molar-refractivity contribution in [1.29, 1.82) is 0 Å². The molecule has 2 nitrogen and oxygen atoms in total. The first-order valence-electron chi connectivity index (χ1n) is 12.5. The molecule has 0 spiro atoms. The van der Waals surface area contributed by atoms with E-state index in [9.17, 15) is 5.11 Å². The molecular formula is C27H45NO. The third-order valence-electron chi connectivity index (χ3n) is 8.00. The topological polar surface area (TPSA) is 32.3 Å². The molecule has 3 rings (SSSR count). The van der Waals surface area contributed by atoms with Gasteiger partial charge in [0.05, 0.1) is 6.10 Å². The summed E-state index contributed by atoms with van der Waals surface area (Å²) in [4.78, 5) is 0. The molecule has 1 aromatic carbocycles. The van der Waals surface area contributed by atoms with E-state index in [1.54, 1.807) is 0 Å². The zero-order valence-electron chi connectivity index (χ0n) is 19.3. The number of hydrogen-bond acceptors (Lipinski definition) is 2. The molecule has 0 saturated heterocycles. The normalized spacial score (nSPS) is 21.4. The average molecular weight is 400 g/mol. The van der Waals surface area contributed by atoms with Gasteiger partial charge in [-0.25, -0.2) is 0 Å². The zero-order valence-corrected chi connectivity index (χ0v) is 19.3. The minimum absolute atomic E-state index is 0.149. The van der Waals surface area contributed by atoms with E-state index in [1.165, 1.54) is 87.3 Å². The highest BCUT2D eigenvalue weighted by molar-refractivity contribution is 5.30. The molecule has 1 aromatic rings. The van der Waals surface area contributed by atoms with Crippen molar-refractivity contribution in [2.75, 3.05) is 6.54 Å². The van der Waals surface area contributed by atoms with Crippen LogP contribution < -0.4 is 5.32 Å². The summed E-state index contributed by atoms with van der Waals surface area (Å²) < 4.78 is 0. The molecule has 29 heavy (non-hydrogen) atoms. The molecule has 2 aliphatic rings. The summed E-state index contributed by atoms with van der Waals surface area (Å²) in [6.07, 6.45) is 16.4. The van der Waals surface area contributed by atoms with Gasteiger partial charge < -0.3 is 10.4 Å². The van der Waals surface area contributed by atoms with Crippen molar-refractivity contribution in [2.45, 2.75) is 110 Å². The molecule has 0 radical (unpaired) electrons. The number of nitrogens with one attached hydrogen (secondary N) is 1. The van der Waals surface area contributed by atoms with E-state index in [-0.39, 0.29) is 12.1 Å². The molecule has 0 aromatic heterocycles. The summed E-state index contributed by atoms with van der Waals surface area (Å²) >= 11 is 0. The highest BCUT2D eigenvalue weighted by Gasteiger charge is 2.31. The average Bonchev–Trinajstić information content (AvgIpc) is 2.74. The summed E-state index contributed by atoms with van der Waals surface area (Å²) in [5.41, 5.74) is 4.03. The molecule has 2 saturated carbocycles. The van der Waals surface area contributed by atoms with Crippen molar-refractivity contribution in [3.8, 4) is 0 Å². The molecule has 0 bridgehead atoms. The summed E-state index contributed by atoms with van der Waals surface area (Å²) in [5, 5.41) is 14.2. The Hall–Kier alpha value is -0.860. The van der Waals surface area contributed by atoms with Crippen molar-refractivity contribution >= 4 is 0 Å². The van der Waals surface area contributed by atoms with Crippen LogP contribution in [0.1, 0.15) is 94.2 Å². The van der Waals surface area contributed by atoms with E-state index in [2.05, 4.69) is 37.4 Å². The second kappa shape index (κ2) is 11.5. The number of aliphatic hydroxyl groups excluding tert-OH is 1. The van der Waals surface area contributed by atoms with Crippen LogP contribution >= 0.6 is 0 Å². The second-order valence-electron chi connectivity index (χ2n) is 10.2. The van der Waals surface area contributed by atoms with Gasteiger partial charge in [0.2, 0.25) is 0 Å². The lowest BCUT2D eigenvalue weighted by Crippen LogP contribution is -2.42. The smallest absolute Gasteiger partial charge is 0.0668 e. The molecule has 2 aliphatic carbocycles. The van der Waals surface area contributed by atoms with Gasteiger partial charge in [-0.1, -0.05) is 82.4 Å². The van der Waals surface area contributed by atoms with E-state index in [4.69, 9.17) is 0 Å². The fraction of sp³-hybridized carbons (Fsp3) is 0.778. The highest BCUT2D eigenvalue weighted by atomic mass is 16.3. The highest BCUT2D eigenvalue weighted by Crippen LogP contribution is 2.41. The van der Waals surface area contributed by atoms with Crippen LogP contribution in [-0.2, 0) is 6.42 Å². The SMILES string of the molecule is Cc1ccc(CC(NCCC(C2CCCCC2)C2CCCCC2)C(C)O)cc1C. The van der Waals surface area contributed by atoms with Crippen LogP contribution in [0, 0.1) is 31.6 Å². The number of aliphatic hydroxyl groups is 1. The number of rotatable bonds is 9. The van der Waals surface area contributed by atoms with Crippen molar-refractivity contribution in [3.05, 3.63) is 34.9 Å². The van der Waals surface area contributed by atoms with Crippen LogP contribution in [0.2, 0.25) is 0 Å². The number of benzene rings is 1. The van der Waals surface area contributed by atoms with Gasteiger partial charge in [0.1, 0.15) is 0 Å². The van der Waals surface area contributed by atoms with Crippen LogP contribution in [-0.4, -0.2) is 23.8 Å². The first-order chi connectivity index (χ1) is 14.0. The Bertz CT molecular complexity index is 581. The molecule has 2 fully saturated rings. The molecule has 0 amide bonds. The lowest BCUT2D eigenvalue weighted by Gasteiger charge is -2.38. The summed E-state index contributed by atoms with van der Waals surface area (Å²) in [5.74, 6) is 2.82. The van der Waals surface area contributed by atoms with Crippen LogP contribution in [0.5, 0.6) is 0 Å². The Labute approximate surface area is 179 Å². The third-order valence-corrected chi connectivity index (χ3v) is 8.00. The maximum atomic E-state index is 10.4. The first-order valence-corrected chi connectivity index (χ1v) is 12.5. The fourth-order valence-corrected chi connectivity index (χ4v) is 6.01. The molecule has 0 aliphatic heterocycles. The summed E-state index contributed by atoms with van der Waals surface area (Å²) in [6.45, 7) is 7.35. The molecular weight excluding hydrogens is 354 g/mol. The van der Waals surface area contributed by atoms with Gasteiger partial charge in [-0.2, -0.15) is 0 Å². The van der Waals surface area contributed by atoms with Crippen LogP contribution in [0.3, 0.4) is 0 Å². The minimum Gasteiger partial charge on any atom is -0.392 e. The van der Waals surface area contributed by atoms with Crippen LogP contribution in [0.25, 0.3) is 0 Å². The lowest BCUT2D eigenvalue weighted by atomic mass is 9.68. The summed E-state index contributed by atoms with van der Waals surface area (Å²) in [6, 6.07) is 6.88. The molecule has 164 valence electrons. The van der Waals surface area contributed by atoms with Crippen molar-refractivity contribution in [1.82, 2.24) is 5.32 Å². The second-order valence-corrected chi connectivity index (χ2v) is 10.2. The van der Waals surface area contributed by atoms with Gasteiger partial charge >= 0.3 is 0 Å². The van der Waals surface area contributed by atoms with E-state index < -0.39 is 0 Å². The molecule has 2 N–H and O–H groups in total. The predicted molar refractivity (Wildman–Crippen MR) is 124 cm³/mol. The Morgan fingerprint density at radius 2 is 1.48 bits per heavy atom. The Morgan fingerprint density at radius 3 is 2.00 bits per heavy atom. The molecule has 2 atom stereocenters. The largest absolute Gasteiger partial charge is 0.392 e. The lowest BCUT2D eigenvalue weighted by molar-refractivity contribution is 0.121. The van der Waals surface area contributed by atoms with E-state index in [1.807, 2.05) is 6.92 Å². The van der Waals surface area contributed by atoms with E-state index in [0.717, 1.165) is 30.7 Å². The van der Waals surface area contributed by atoms with Gasteiger partial charge in [0.15, 0.2) is 0 Å². The number of aryl methyl sites for hydroxylation is 2. The maximum Gasteiger partial charge on any atom is 0.0668 e. The Morgan fingerprint density at radius 1 is 0.897 bits per heavy atom. The molecule has 2 heteroatoms. The third kappa shape index (κ3) is 6.82. The quantitative estimate of drug-likeness (QED) is 0.507. The zero-order chi connectivity index (χ0) is 20.6. The van der Waals surface area contributed by atoms with Crippen molar-refractivity contribution in [2.24, 2.45) is 17.8 Å². The van der Waals surface area contributed by atoms with E-state index in [0.29, 0.717) is 0 Å². The van der Waals surface area contributed by atoms with Gasteiger partial charge in [0.25, 0.3) is 0 Å². The van der Waals surface area contributed by atoms with Crippen molar-refractivity contribution in [3.63, 3.8) is 0 Å². The van der Waals surface area contributed by atoms with Gasteiger partial charge in [0, 0.05) is 6.04 Å². The minimum atomic E-state index is -0.320. The van der Waals surface area contributed by atoms with Crippen LogP contribution in [0.4, 0.5) is 0 Å². The van der Waals surface area contributed by atoms with Gasteiger partial charge in [-0.15, -0.1) is 0 Å².